The lowest BCUT2D eigenvalue weighted by molar-refractivity contribution is 1.07. The Morgan fingerprint density at radius 3 is 1.63 bits per heavy atom. The zero-order valence-electron chi connectivity index (χ0n) is 31.1. The smallest absolute Gasteiger partial charge is 0.164 e. The van der Waals surface area contributed by atoms with E-state index in [0.717, 1.165) is 59.1 Å². The van der Waals surface area contributed by atoms with E-state index in [-0.39, 0.29) is 29.7 Å². The van der Waals surface area contributed by atoms with Gasteiger partial charge in [0, 0.05) is 36.9 Å². The quantitative estimate of drug-likeness (QED) is 0.180. The lowest BCUT2D eigenvalue weighted by Crippen LogP contribution is -2.00. The van der Waals surface area contributed by atoms with E-state index in [9.17, 15) is 0 Å². The molecule has 0 aliphatic heterocycles. The largest absolute Gasteiger partial charge is 0.208 e. The lowest BCUT2D eigenvalue weighted by Gasteiger charge is -2.10. The minimum atomic E-state index is -0.406. The molecule has 9 aromatic rings. The summed E-state index contributed by atoms with van der Waals surface area (Å²) in [5.41, 5.74) is 7.74. The minimum absolute atomic E-state index is 0.196. The van der Waals surface area contributed by atoms with Gasteiger partial charge in [-0.05, 0) is 45.5 Å². The first-order valence-corrected chi connectivity index (χ1v) is 16.8. The van der Waals surface area contributed by atoms with E-state index < -0.39 is 6.04 Å². The standard InChI is InChI=1S/C45H29N3S/c1-4-12-30(13-5-1)32-22-24-34(25-23-32)43-46-44(36-19-10-18-35(28-36)31-14-6-2-7-15-31)48-45(47-43)37-26-27-39-40-21-11-20-38(33-16-8-3-9-17-33)42(40)49-41(39)29-37/h1-29H/i3D,8D,9D,16D,17D. The fourth-order valence-corrected chi connectivity index (χ4v) is 7.45. The summed E-state index contributed by atoms with van der Waals surface area (Å²) in [6, 6.07) is 47.2. The number of benzene rings is 7. The van der Waals surface area contributed by atoms with Crippen molar-refractivity contribution in [3.05, 3.63) is 176 Å². The van der Waals surface area contributed by atoms with Crippen LogP contribution >= 0.6 is 11.3 Å². The van der Waals surface area contributed by atoms with Gasteiger partial charge in [0.15, 0.2) is 17.5 Å². The summed E-state index contributed by atoms with van der Waals surface area (Å²) < 4.78 is 43.7. The molecule has 0 bridgehead atoms. The van der Waals surface area contributed by atoms with Crippen LogP contribution in [-0.2, 0) is 0 Å². The third kappa shape index (κ3) is 5.58. The Morgan fingerprint density at radius 2 is 0.918 bits per heavy atom. The number of hydrogen-bond donors (Lipinski definition) is 0. The van der Waals surface area contributed by atoms with Crippen molar-refractivity contribution >= 4 is 31.5 Å². The molecule has 0 saturated carbocycles. The lowest BCUT2D eigenvalue weighted by atomic mass is 10.0. The third-order valence-electron chi connectivity index (χ3n) is 8.64. The summed E-state index contributed by atoms with van der Waals surface area (Å²) in [5.74, 6) is 1.64. The van der Waals surface area contributed by atoms with E-state index in [2.05, 4.69) is 54.6 Å². The van der Waals surface area contributed by atoms with Crippen molar-refractivity contribution < 1.29 is 6.85 Å². The van der Waals surface area contributed by atoms with Gasteiger partial charge in [-0.15, -0.1) is 11.3 Å². The average Bonchev–Trinajstić information content (AvgIpc) is 3.61. The van der Waals surface area contributed by atoms with Crippen LogP contribution in [0.15, 0.2) is 176 Å². The molecule has 0 atom stereocenters. The van der Waals surface area contributed by atoms with Gasteiger partial charge >= 0.3 is 0 Å². The molecule has 3 nitrogen and oxygen atoms in total. The second-order valence-electron chi connectivity index (χ2n) is 11.7. The Bertz CT molecular complexity index is 2850. The topological polar surface area (TPSA) is 38.7 Å². The van der Waals surface area contributed by atoms with Crippen LogP contribution < -0.4 is 0 Å². The molecule has 0 amide bonds. The molecule has 0 N–H and O–H groups in total. The molecule has 0 unspecified atom stereocenters. The molecule has 0 fully saturated rings. The summed E-state index contributed by atoms with van der Waals surface area (Å²) >= 11 is 1.52. The van der Waals surface area contributed by atoms with E-state index in [1.165, 1.54) is 11.3 Å². The molecule has 2 heterocycles. The highest BCUT2D eigenvalue weighted by atomic mass is 32.1. The molecule has 0 saturated heterocycles. The predicted molar refractivity (Wildman–Crippen MR) is 205 cm³/mol. The van der Waals surface area contributed by atoms with Crippen LogP contribution in [-0.4, -0.2) is 15.0 Å². The molecule has 2 aromatic heterocycles. The van der Waals surface area contributed by atoms with Crippen molar-refractivity contribution in [2.24, 2.45) is 0 Å². The SMILES string of the molecule is [2H]c1c([2H])c([2H])c(-c2cccc3c2sc2cc(-c4nc(-c5ccc(-c6ccccc6)cc5)nc(-c5cccc(-c6ccccc6)c5)n4)ccc23)c([2H])c1[2H]. The summed E-state index contributed by atoms with van der Waals surface area (Å²) in [7, 11) is 0. The van der Waals surface area contributed by atoms with Gasteiger partial charge in [0.2, 0.25) is 0 Å². The summed E-state index contributed by atoms with van der Waals surface area (Å²) in [5, 5.41) is 1.94. The fraction of sp³-hybridized carbons (Fsp3) is 0. The summed E-state index contributed by atoms with van der Waals surface area (Å²) in [6.07, 6.45) is 0. The number of hydrogen-bond acceptors (Lipinski definition) is 4. The number of rotatable bonds is 6. The highest BCUT2D eigenvalue weighted by Gasteiger charge is 2.16. The van der Waals surface area contributed by atoms with Gasteiger partial charge in [0.05, 0.1) is 6.85 Å². The van der Waals surface area contributed by atoms with Gasteiger partial charge in [0.25, 0.3) is 0 Å². The Hall–Kier alpha value is -6.23. The van der Waals surface area contributed by atoms with Gasteiger partial charge in [0.1, 0.15) is 0 Å². The zero-order valence-corrected chi connectivity index (χ0v) is 26.9. The molecule has 230 valence electrons. The van der Waals surface area contributed by atoms with Crippen molar-refractivity contribution in [2.45, 2.75) is 0 Å². The summed E-state index contributed by atoms with van der Waals surface area (Å²) in [4.78, 5) is 15.1. The monoisotopic (exact) mass is 648 g/mol. The van der Waals surface area contributed by atoms with E-state index in [0.29, 0.717) is 23.0 Å². The molecule has 7 aromatic carbocycles. The molecule has 0 radical (unpaired) electrons. The fourth-order valence-electron chi connectivity index (χ4n) is 6.19. The van der Waals surface area contributed by atoms with Gasteiger partial charge in [-0.3, -0.25) is 0 Å². The number of thiophene rings is 1. The maximum atomic E-state index is 8.64. The second kappa shape index (κ2) is 12.4. The number of nitrogens with zero attached hydrogens (tertiary/aromatic N) is 3. The Kier molecular flexibility index (Phi) is 6.08. The molecular formula is C45H29N3S. The van der Waals surface area contributed by atoms with E-state index in [1.807, 2.05) is 91.0 Å². The maximum absolute atomic E-state index is 8.64. The van der Waals surface area contributed by atoms with Crippen molar-refractivity contribution in [3.8, 4) is 67.5 Å². The van der Waals surface area contributed by atoms with Crippen LogP contribution in [0.3, 0.4) is 0 Å². The Balaban J connectivity index is 1.19. The first-order chi connectivity index (χ1) is 26.3. The Labute approximate surface area is 295 Å². The molecule has 0 aliphatic carbocycles. The molecular weight excluding hydrogens is 615 g/mol. The number of aromatic nitrogens is 3. The molecule has 9 rings (SSSR count). The normalized spacial score (nSPS) is 12.7. The zero-order chi connectivity index (χ0) is 36.9. The third-order valence-corrected chi connectivity index (χ3v) is 9.84. The number of fused-ring (bicyclic) bond motifs is 3. The van der Waals surface area contributed by atoms with Crippen molar-refractivity contribution in [1.82, 2.24) is 15.0 Å². The average molecular weight is 649 g/mol. The molecule has 49 heavy (non-hydrogen) atoms. The minimum Gasteiger partial charge on any atom is -0.208 e. The molecule has 4 heteroatoms. The first-order valence-electron chi connectivity index (χ1n) is 18.4. The predicted octanol–water partition coefficient (Wildman–Crippen LogP) is 12.2. The highest BCUT2D eigenvalue weighted by Crippen LogP contribution is 2.41. The van der Waals surface area contributed by atoms with Crippen molar-refractivity contribution in [1.29, 1.82) is 0 Å². The first kappa shape index (κ1) is 24.0. The van der Waals surface area contributed by atoms with Crippen molar-refractivity contribution in [2.75, 3.05) is 0 Å². The van der Waals surface area contributed by atoms with Crippen LogP contribution in [0.1, 0.15) is 6.85 Å². The molecule has 0 spiro atoms. The van der Waals surface area contributed by atoms with E-state index >= 15 is 0 Å². The maximum Gasteiger partial charge on any atom is 0.164 e. The van der Waals surface area contributed by atoms with E-state index in [1.54, 1.807) is 0 Å². The second-order valence-corrected chi connectivity index (χ2v) is 12.7. The van der Waals surface area contributed by atoms with Gasteiger partial charge < -0.3 is 0 Å². The van der Waals surface area contributed by atoms with Crippen LogP contribution in [0.5, 0.6) is 0 Å². The van der Waals surface area contributed by atoms with Gasteiger partial charge in [-0.1, -0.05) is 164 Å². The van der Waals surface area contributed by atoms with Crippen molar-refractivity contribution in [3.63, 3.8) is 0 Å². The van der Waals surface area contributed by atoms with Crippen LogP contribution in [0.25, 0.3) is 87.7 Å². The van der Waals surface area contributed by atoms with Gasteiger partial charge in [-0.25, -0.2) is 15.0 Å². The van der Waals surface area contributed by atoms with Gasteiger partial charge in [-0.2, -0.15) is 0 Å². The van der Waals surface area contributed by atoms with Crippen LogP contribution in [0.4, 0.5) is 0 Å². The summed E-state index contributed by atoms with van der Waals surface area (Å²) in [6.45, 7) is 0. The van der Waals surface area contributed by atoms with Crippen LogP contribution in [0.2, 0.25) is 0 Å². The van der Waals surface area contributed by atoms with E-state index in [4.69, 9.17) is 21.8 Å². The Morgan fingerprint density at radius 1 is 0.388 bits per heavy atom. The highest BCUT2D eigenvalue weighted by molar-refractivity contribution is 7.26. The van der Waals surface area contributed by atoms with Crippen LogP contribution in [0, 0.1) is 0 Å². The molecule has 0 aliphatic rings.